The number of nitrogens with zero attached hydrogens (tertiary/aromatic N) is 2. The number of hydrogen-bond acceptors (Lipinski definition) is 4. The summed E-state index contributed by atoms with van der Waals surface area (Å²) in [6, 6.07) is 0. The lowest BCUT2D eigenvalue weighted by Crippen LogP contribution is -2.36. The van der Waals surface area contributed by atoms with E-state index in [-0.39, 0.29) is 11.1 Å². The monoisotopic (exact) mass is 252 g/mol. The van der Waals surface area contributed by atoms with E-state index in [4.69, 9.17) is 0 Å². The van der Waals surface area contributed by atoms with Crippen LogP contribution >= 0.6 is 0 Å². The fraction of sp³-hybridized carbons (Fsp3) is 0.692. The first kappa shape index (κ1) is 14.7. The first-order chi connectivity index (χ1) is 8.46. The Kier molecular flexibility index (Phi) is 5.34. The first-order valence-corrected chi connectivity index (χ1v) is 6.49. The van der Waals surface area contributed by atoms with Gasteiger partial charge in [0.25, 0.3) is 5.56 Å². The van der Waals surface area contributed by atoms with Crippen LogP contribution in [0.3, 0.4) is 0 Å². The summed E-state index contributed by atoms with van der Waals surface area (Å²) in [6.45, 7) is 10.7. The molecule has 18 heavy (non-hydrogen) atoms. The smallest absolute Gasteiger partial charge is 0.293 e. The normalized spacial score (nSPS) is 11.6. The third-order valence-electron chi connectivity index (χ3n) is 2.58. The van der Waals surface area contributed by atoms with Crippen LogP contribution in [0.4, 0.5) is 5.82 Å². The zero-order chi connectivity index (χ0) is 13.6. The van der Waals surface area contributed by atoms with Crippen LogP contribution in [0, 0.1) is 0 Å². The maximum atomic E-state index is 12.2. The highest BCUT2D eigenvalue weighted by Gasteiger charge is 2.16. The van der Waals surface area contributed by atoms with E-state index in [0.29, 0.717) is 12.4 Å². The minimum atomic E-state index is -0.225. The van der Waals surface area contributed by atoms with Crippen LogP contribution < -0.4 is 16.2 Å². The van der Waals surface area contributed by atoms with Crippen molar-refractivity contribution in [2.45, 2.75) is 39.7 Å². The lowest BCUT2D eigenvalue weighted by atomic mass is 10.1. The van der Waals surface area contributed by atoms with Gasteiger partial charge < -0.3 is 15.2 Å². The summed E-state index contributed by atoms with van der Waals surface area (Å²) in [5, 5.41) is 6.35. The van der Waals surface area contributed by atoms with E-state index < -0.39 is 0 Å². The van der Waals surface area contributed by atoms with Crippen molar-refractivity contribution < 1.29 is 0 Å². The van der Waals surface area contributed by atoms with Crippen molar-refractivity contribution in [3.63, 3.8) is 0 Å². The summed E-state index contributed by atoms with van der Waals surface area (Å²) in [5.74, 6) is 0.422. The van der Waals surface area contributed by atoms with Crippen LogP contribution in [-0.2, 0) is 5.54 Å². The second-order valence-corrected chi connectivity index (χ2v) is 5.30. The second kappa shape index (κ2) is 6.54. The average Bonchev–Trinajstić information content (AvgIpc) is 2.29. The molecule has 0 unspecified atom stereocenters. The molecule has 5 heteroatoms. The van der Waals surface area contributed by atoms with Gasteiger partial charge in [-0.25, -0.2) is 4.98 Å². The second-order valence-electron chi connectivity index (χ2n) is 5.30. The Labute approximate surface area is 109 Å². The summed E-state index contributed by atoms with van der Waals surface area (Å²) in [5.41, 5.74) is -0.294. The maximum Gasteiger partial charge on any atom is 0.293 e. The lowest BCUT2D eigenvalue weighted by Gasteiger charge is -2.22. The standard InChI is InChI=1S/C13H24N4O/c1-5-6-14-7-8-15-11-12(18)17(10-9-16-11)13(2,3)4/h9-10,14H,5-8H2,1-4H3,(H,15,16). The summed E-state index contributed by atoms with van der Waals surface area (Å²) >= 11 is 0. The zero-order valence-corrected chi connectivity index (χ0v) is 11.8. The highest BCUT2D eigenvalue weighted by Crippen LogP contribution is 2.10. The van der Waals surface area contributed by atoms with Gasteiger partial charge in [0.1, 0.15) is 0 Å². The summed E-state index contributed by atoms with van der Waals surface area (Å²) in [6.07, 6.45) is 4.50. The van der Waals surface area contributed by atoms with Gasteiger partial charge in [-0.3, -0.25) is 4.79 Å². The molecule has 0 atom stereocenters. The Morgan fingerprint density at radius 2 is 2.00 bits per heavy atom. The highest BCUT2D eigenvalue weighted by molar-refractivity contribution is 5.31. The summed E-state index contributed by atoms with van der Waals surface area (Å²) in [7, 11) is 0. The number of anilines is 1. The number of rotatable bonds is 6. The van der Waals surface area contributed by atoms with Crippen LogP contribution in [-0.4, -0.2) is 29.2 Å². The molecule has 2 N–H and O–H groups in total. The van der Waals surface area contributed by atoms with E-state index in [1.807, 2.05) is 20.8 Å². The van der Waals surface area contributed by atoms with Gasteiger partial charge in [0.2, 0.25) is 0 Å². The molecular weight excluding hydrogens is 228 g/mol. The Morgan fingerprint density at radius 1 is 1.28 bits per heavy atom. The SMILES string of the molecule is CCCNCCNc1nccn(C(C)(C)C)c1=O. The maximum absolute atomic E-state index is 12.2. The van der Waals surface area contributed by atoms with Crippen molar-refractivity contribution in [1.29, 1.82) is 0 Å². The fourth-order valence-electron chi connectivity index (χ4n) is 1.63. The Bertz CT molecular complexity index is 420. The Balaban J connectivity index is 2.65. The van der Waals surface area contributed by atoms with Crippen molar-refractivity contribution in [1.82, 2.24) is 14.9 Å². The summed E-state index contributed by atoms with van der Waals surface area (Å²) in [4.78, 5) is 16.3. The van der Waals surface area contributed by atoms with Gasteiger partial charge in [-0.2, -0.15) is 0 Å². The molecule has 0 spiro atoms. The van der Waals surface area contributed by atoms with Crippen LogP contribution in [0.1, 0.15) is 34.1 Å². The zero-order valence-electron chi connectivity index (χ0n) is 11.8. The number of nitrogens with one attached hydrogen (secondary N) is 2. The van der Waals surface area contributed by atoms with E-state index in [0.717, 1.165) is 19.5 Å². The van der Waals surface area contributed by atoms with Gasteiger partial charge in [0, 0.05) is 31.0 Å². The average molecular weight is 252 g/mol. The molecule has 5 nitrogen and oxygen atoms in total. The lowest BCUT2D eigenvalue weighted by molar-refractivity contribution is 0.383. The predicted molar refractivity (Wildman–Crippen MR) is 75.1 cm³/mol. The van der Waals surface area contributed by atoms with Crippen molar-refractivity contribution >= 4 is 5.82 Å². The molecule has 1 rings (SSSR count). The molecular formula is C13H24N4O. The quantitative estimate of drug-likeness (QED) is 0.752. The van der Waals surface area contributed by atoms with Crippen LogP contribution in [0.2, 0.25) is 0 Å². The molecule has 0 aliphatic rings. The van der Waals surface area contributed by atoms with Gasteiger partial charge >= 0.3 is 0 Å². The molecule has 0 aliphatic heterocycles. The molecule has 0 saturated carbocycles. The highest BCUT2D eigenvalue weighted by atomic mass is 16.1. The fourth-order valence-corrected chi connectivity index (χ4v) is 1.63. The van der Waals surface area contributed by atoms with Gasteiger partial charge in [0.15, 0.2) is 5.82 Å². The molecule has 0 amide bonds. The number of hydrogen-bond donors (Lipinski definition) is 2. The van der Waals surface area contributed by atoms with E-state index in [1.165, 1.54) is 0 Å². The van der Waals surface area contributed by atoms with E-state index in [9.17, 15) is 4.79 Å². The van der Waals surface area contributed by atoms with Gasteiger partial charge in [0.05, 0.1) is 0 Å². The van der Waals surface area contributed by atoms with Crippen LogP contribution in [0.5, 0.6) is 0 Å². The minimum absolute atomic E-state index is 0.0690. The van der Waals surface area contributed by atoms with Crippen molar-refractivity contribution in [2.24, 2.45) is 0 Å². The molecule has 0 aliphatic carbocycles. The van der Waals surface area contributed by atoms with Crippen LogP contribution in [0.25, 0.3) is 0 Å². The molecule has 0 fully saturated rings. The largest absolute Gasteiger partial charge is 0.364 e. The Hall–Kier alpha value is -1.36. The molecule has 1 heterocycles. The van der Waals surface area contributed by atoms with Crippen molar-refractivity contribution in [3.8, 4) is 0 Å². The Morgan fingerprint density at radius 3 is 2.61 bits per heavy atom. The number of aromatic nitrogens is 2. The molecule has 0 radical (unpaired) electrons. The van der Waals surface area contributed by atoms with Crippen molar-refractivity contribution in [2.75, 3.05) is 25.0 Å². The third-order valence-corrected chi connectivity index (χ3v) is 2.58. The molecule has 102 valence electrons. The minimum Gasteiger partial charge on any atom is -0.364 e. The van der Waals surface area contributed by atoms with Crippen molar-refractivity contribution in [3.05, 3.63) is 22.7 Å². The first-order valence-electron chi connectivity index (χ1n) is 6.49. The van der Waals surface area contributed by atoms with E-state index in [2.05, 4.69) is 22.5 Å². The van der Waals surface area contributed by atoms with Crippen LogP contribution in [0.15, 0.2) is 17.2 Å². The van der Waals surface area contributed by atoms with E-state index >= 15 is 0 Å². The molecule has 1 aromatic rings. The topological polar surface area (TPSA) is 59.0 Å². The molecule has 1 aromatic heterocycles. The third kappa shape index (κ3) is 4.14. The molecule has 0 aromatic carbocycles. The van der Waals surface area contributed by atoms with Gasteiger partial charge in [-0.05, 0) is 33.7 Å². The van der Waals surface area contributed by atoms with E-state index in [1.54, 1.807) is 17.0 Å². The summed E-state index contributed by atoms with van der Waals surface area (Å²) < 4.78 is 1.70. The predicted octanol–water partition coefficient (Wildman–Crippen LogP) is 1.41. The molecule has 0 saturated heterocycles. The molecule has 0 bridgehead atoms. The van der Waals surface area contributed by atoms with Gasteiger partial charge in [-0.1, -0.05) is 6.92 Å². The van der Waals surface area contributed by atoms with Gasteiger partial charge in [-0.15, -0.1) is 0 Å².